The van der Waals surface area contributed by atoms with Crippen LogP contribution in [-0.2, 0) is 4.74 Å². The van der Waals surface area contributed by atoms with Crippen LogP contribution >= 0.6 is 0 Å². The van der Waals surface area contributed by atoms with Gasteiger partial charge in [-0.05, 0) is 6.42 Å². The lowest BCUT2D eigenvalue weighted by Crippen LogP contribution is -2.33. The largest absolute Gasteiger partial charge is 0.478 e. The summed E-state index contributed by atoms with van der Waals surface area (Å²) in [6.45, 7) is 3.66. The zero-order valence-corrected chi connectivity index (χ0v) is 10.3. The summed E-state index contributed by atoms with van der Waals surface area (Å²) in [5.74, 6) is 1.07. The van der Waals surface area contributed by atoms with Gasteiger partial charge in [0.15, 0.2) is 0 Å². The Hall–Kier alpha value is -1.40. The van der Waals surface area contributed by atoms with E-state index < -0.39 is 0 Å². The highest BCUT2D eigenvalue weighted by Gasteiger charge is 2.08. The summed E-state index contributed by atoms with van der Waals surface area (Å²) in [5.41, 5.74) is 5.60. The van der Waals surface area contributed by atoms with E-state index in [0.717, 1.165) is 6.42 Å². The van der Waals surface area contributed by atoms with Crippen molar-refractivity contribution in [3.05, 3.63) is 12.3 Å². The topological polar surface area (TPSA) is 82.3 Å². The van der Waals surface area contributed by atoms with E-state index in [2.05, 4.69) is 15.3 Å². The zero-order valence-electron chi connectivity index (χ0n) is 10.3. The molecule has 0 aromatic carbocycles. The lowest BCUT2D eigenvalue weighted by Gasteiger charge is -2.15. The van der Waals surface area contributed by atoms with E-state index in [0.29, 0.717) is 31.6 Å². The Labute approximate surface area is 102 Å². The third kappa shape index (κ3) is 4.97. The van der Waals surface area contributed by atoms with Crippen LogP contribution in [0.15, 0.2) is 12.3 Å². The Balaban J connectivity index is 2.57. The molecule has 0 aliphatic carbocycles. The number of nitrogens with one attached hydrogen (secondary N) is 1. The molecule has 6 heteroatoms. The quantitative estimate of drug-likeness (QED) is 0.694. The van der Waals surface area contributed by atoms with Crippen LogP contribution in [0.25, 0.3) is 0 Å². The molecule has 1 aromatic heterocycles. The first kappa shape index (κ1) is 13.7. The van der Waals surface area contributed by atoms with Crippen LogP contribution in [0.5, 0.6) is 5.88 Å². The van der Waals surface area contributed by atoms with Crippen molar-refractivity contribution in [1.29, 1.82) is 0 Å². The highest BCUT2D eigenvalue weighted by Crippen LogP contribution is 2.09. The second-order valence-electron chi connectivity index (χ2n) is 3.60. The number of rotatable bonds is 8. The van der Waals surface area contributed by atoms with Crippen molar-refractivity contribution in [2.24, 2.45) is 5.73 Å². The zero-order chi connectivity index (χ0) is 12.5. The van der Waals surface area contributed by atoms with Crippen LogP contribution in [-0.4, -0.2) is 42.9 Å². The van der Waals surface area contributed by atoms with Crippen molar-refractivity contribution < 1.29 is 9.47 Å². The second kappa shape index (κ2) is 7.81. The molecule has 1 aromatic rings. The Morgan fingerprint density at radius 3 is 3.00 bits per heavy atom. The van der Waals surface area contributed by atoms with Crippen LogP contribution in [0.1, 0.15) is 13.3 Å². The summed E-state index contributed by atoms with van der Waals surface area (Å²) < 4.78 is 10.5. The fourth-order valence-electron chi connectivity index (χ4n) is 1.25. The van der Waals surface area contributed by atoms with Gasteiger partial charge in [0.25, 0.3) is 0 Å². The van der Waals surface area contributed by atoms with E-state index >= 15 is 0 Å². The maximum Gasteiger partial charge on any atom is 0.226 e. The first-order valence-corrected chi connectivity index (χ1v) is 5.71. The van der Waals surface area contributed by atoms with Gasteiger partial charge in [-0.1, -0.05) is 6.92 Å². The van der Waals surface area contributed by atoms with Crippen LogP contribution in [0, 0.1) is 0 Å². The molecule has 1 heterocycles. The van der Waals surface area contributed by atoms with Crippen molar-refractivity contribution in [3.63, 3.8) is 0 Å². The minimum Gasteiger partial charge on any atom is -0.478 e. The van der Waals surface area contributed by atoms with Crippen LogP contribution in [0.3, 0.4) is 0 Å². The van der Waals surface area contributed by atoms with Gasteiger partial charge in [-0.25, -0.2) is 4.98 Å². The molecule has 1 atom stereocenters. The molecule has 0 radical (unpaired) electrons. The van der Waals surface area contributed by atoms with E-state index in [9.17, 15) is 0 Å². The normalized spacial score (nSPS) is 12.2. The van der Waals surface area contributed by atoms with Crippen LogP contribution in [0.4, 0.5) is 5.95 Å². The predicted octanol–water partition coefficient (Wildman–Crippen LogP) is 0.651. The molecule has 0 bridgehead atoms. The Kier molecular flexibility index (Phi) is 6.27. The molecule has 0 amide bonds. The SMILES string of the molecule is CCCOc1ccnc(NC(CN)COC)n1. The van der Waals surface area contributed by atoms with E-state index in [4.69, 9.17) is 15.2 Å². The number of methoxy groups -OCH3 is 1. The highest BCUT2D eigenvalue weighted by atomic mass is 16.5. The Morgan fingerprint density at radius 1 is 1.53 bits per heavy atom. The third-order valence-electron chi connectivity index (χ3n) is 2.07. The van der Waals surface area contributed by atoms with Gasteiger partial charge in [0.2, 0.25) is 11.8 Å². The highest BCUT2D eigenvalue weighted by molar-refractivity contribution is 5.29. The maximum atomic E-state index is 5.60. The number of nitrogens with two attached hydrogens (primary N) is 1. The third-order valence-corrected chi connectivity index (χ3v) is 2.07. The number of anilines is 1. The van der Waals surface area contributed by atoms with Crippen molar-refractivity contribution in [1.82, 2.24) is 9.97 Å². The summed E-state index contributed by atoms with van der Waals surface area (Å²) >= 11 is 0. The van der Waals surface area contributed by atoms with Gasteiger partial charge in [-0.3, -0.25) is 0 Å². The maximum absolute atomic E-state index is 5.60. The minimum absolute atomic E-state index is 0.00132. The molecular formula is C11H20N4O2. The standard InChI is InChI=1S/C11H20N4O2/c1-3-6-17-10-4-5-13-11(15-10)14-9(7-12)8-16-2/h4-5,9H,3,6-8,12H2,1-2H3,(H,13,14,15). The second-order valence-corrected chi connectivity index (χ2v) is 3.60. The van der Waals surface area contributed by atoms with Gasteiger partial charge in [-0.15, -0.1) is 0 Å². The molecule has 0 saturated heterocycles. The molecule has 17 heavy (non-hydrogen) atoms. The summed E-state index contributed by atoms with van der Waals surface area (Å²) in [6.07, 6.45) is 2.60. The van der Waals surface area contributed by atoms with E-state index in [-0.39, 0.29) is 6.04 Å². The number of aromatic nitrogens is 2. The average Bonchev–Trinajstić information content (AvgIpc) is 2.36. The van der Waals surface area contributed by atoms with Crippen molar-refractivity contribution in [2.75, 3.05) is 32.2 Å². The number of ether oxygens (including phenoxy) is 2. The van der Waals surface area contributed by atoms with Crippen molar-refractivity contribution >= 4 is 5.95 Å². The molecule has 0 fully saturated rings. The molecule has 96 valence electrons. The molecule has 6 nitrogen and oxygen atoms in total. The average molecular weight is 240 g/mol. The first-order chi connectivity index (χ1) is 8.30. The summed E-state index contributed by atoms with van der Waals surface area (Å²) in [7, 11) is 1.63. The number of hydrogen-bond acceptors (Lipinski definition) is 6. The first-order valence-electron chi connectivity index (χ1n) is 5.71. The molecule has 1 unspecified atom stereocenters. The molecule has 0 spiro atoms. The summed E-state index contributed by atoms with van der Waals surface area (Å²) in [5, 5.41) is 3.09. The molecule has 3 N–H and O–H groups in total. The lowest BCUT2D eigenvalue weighted by molar-refractivity contribution is 0.187. The minimum atomic E-state index is 0.00132. The predicted molar refractivity (Wildman–Crippen MR) is 66.2 cm³/mol. The fourth-order valence-corrected chi connectivity index (χ4v) is 1.25. The molecule has 1 rings (SSSR count). The van der Waals surface area contributed by atoms with Crippen molar-refractivity contribution in [2.45, 2.75) is 19.4 Å². The van der Waals surface area contributed by atoms with Crippen molar-refractivity contribution in [3.8, 4) is 5.88 Å². The molecule has 0 saturated carbocycles. The monoisotopic (exact) mass is 240 g/mol. The Bertz CT molecular complexity index is 322. The number of hydrogen-bond donors (Lipinski definition) is 2. The van der Waals surface area contributed by atoms with E-state index in [1.54, 1.807) is 19.4 Å². The Morgan fingerprint density at radius 2 is 2.35 bits per heavy atom. The van der Waals surface area contributed by atoms with Gasteiger partial charge in [0.05, 0.1) is 19.3 Å². The van der Waals surface area contributed by atoms with Crippen LogP contribution < -0.4 is 15.8 Å². The van der Waals surface area contributed by atoms with Gasteiger partial charge in [0, 0.05) is 25.9 Å². The molecule has 0 aliphatic heterocycles. The van der Waals surface area contributed by atoms with E-state index in [1.807, 2.05) is 6.92 Å². The van der Waals surface area contributed by atoms with Gasteiger partial charge >= 0.3 is 0 Å². The van der Waals surface area contributed by atoms with Gasteiger partial charge in [-0.2, -0.15) is 4.98 Å². The number of nitrogens with zero attached hydrogens (tertiary/aromatic N) is 2. The summed E-state index contributed by atoms with van der Waals surface area (Å²) in [4.78, 5) is 8.33. The lowest BCUT2D eigenvalue weighted by atomic mass is 10.3. The molecular weight excluding hydrogens is 220 g/mol. The fraction of sp³-hybridized carbons (Fsp3) is 0.636. The van der Waals surface area contributed by atoms with Gasteiger partial charge in [0.1, 0.15) is 0 Å². The van der Waals surface area contributed by atoms with Gasteiger partial charge < -0.3 is 20.5 Å². The smallest absolute Gasteiger partial charge is 0.226 e. The molecule has 0 aliphatic rings. The van der Waals surface area contributed by atoms with Crippen LogP contribution in [0.2, 0.25) is 0 Å². The summed E-state index contributed by atoms with van der Waals surface area (Å²) in [6, 6.07) is 1.73. The van der Waals surface area contributed by atoms with E-state index in [1.165, 1.54) is 0 Å².